The monoisotopic (exact) mass is 192 g/mol. The van der Waals surface area contributed by atoms with Gasteiger partial charge in [-0.1, -0.05) is 0 Å². The SMILES string of the molecule is CC(=O)C1=C(C)N(C)c2ncnn2C1. The Morgan fingerprint density at radius 2 is 2.29 bits per heavy atom. The minimum absolute atomic E-state index is 0.0931. The summed E-state index contributed by atoms with van der Waals surface area (Å²) in [5.74, 6) is 0.878. The molecule has 0 saturated heterocycles. The van der Waals surface area contributed by atoms with E-state index in [1.165, 1.54) is 6.33 Å². The van der Waals surface area contributed by atoms with Crippen LogP contribution in [0.1, 0.15) is 13.8 Å². The first-order chi connectivity index (χ1) is 6.61. The summed E-state index contributed by atoms with van der Waals surface area (Å²) in [6.45, 7) is 4.03. The molecule has 0 aliphatic carbocycles. The molecule has 0 saturated carbocycles. The first kappa shape index (κ1) is 8.93. The standard InChI is InChI=1S/C9H12N4O/c1-6-8(7(2)14)4-13-9(12(6)3)10-5-11-13/h5H,4H2,1-3H3. The maximum absolute atomic E-state index is 11.3. The molecule has 0 bridgehead atoms. The molecule has 1 aromatic rings. The third-order valence-electron chi connectivity index (χ3n) is 2.57. The van der Waals surface area contributed by atoms with E-state index in [-0.39, 0.29) is 5.78 Å². The van der Waals surface area contributed by atoms with Crippen molar-refractivity contribution in [1.82, 2.24) is 14.8 Å². The number of anilines is 1. The van der Waals surface area contributed by atoms with Crippen molar-refractivity contribution in [3.8, 4) is 0 Å². The molecule has 0 radical (unpaired) electrons. The maximum atomic E-state index is 11.3. The molecule has 0 aromatic carbocycles. The van der Waals surface area contributed by atoms with E-state index in [0.717, 1.165) is 17.2 Å². The van der Waals surface area contributed by atoms with Gasteiger partial charge >= 0.3 is 0 Å². The summed E-state index contributed by atoms with van der Waals surface area (Å²) in [4.78, 5) is 17.3. The third-order valence-corrected chi connectivity index (χ3v) is 2.57. The van der Waals surface area contributed by atoms with Gasteiger partial charge < -0.3 is 4.90 Å². The van der Waals surface area contributed by atoms with E-state index in [2.05, 4.69) is 10.1 Å². The third kappa shape index (κ3) is 1.13. The molecule has 0 unspecified atom stereocenters. The van der Waals surface area contributed by atoms with E-state index in [4.69, 9.17) is 0 Å². The second-order valence-corrected chi connectivity index (χ2v) is 3.40. The number of aromatic nitrogens is 3. The Kier molecular flexibility index (Phi) is 1.87. The average molecular weight is 192 g/mol. The summed E-state index contributed by atoms with van der Waals surface area (Å²) in [5, 5.41) is 4.05. The van der Waals surface area contributed by atoms with Crippen LogP contribution in [0, 0.1) is 0 Å². The molecule has 0 atom stereocenters. The Labute approximate surface area is 82.0 Å². The molecule has 2 rings (SSSR count). The summed E-state index contributed by atoms with van der Waals surface area (Å²) in [7, 11) is 1.89. The molecule has 1 aromatic heterocycles. The molecule has 0 N–H and O–H groups in total. The summed E-state index contributed by atoms with van der Waals surface area (Å²) in [6.07, 6.45) is 1.50. The second-order valence-electron chi connectivity index (χ2n) is 3.40. The van der Waals surface area contributed by atoms with Gasteiger partial charge in [-0.2, -0.15) is 10.1 Å². The van der Waals surface area contributed by atoms with E-state index in [9.17, 15) is 4.79 Å². The lowest BCUT2D eigenvalue weighted by Gasteiger charge is -2.26. The van der Waals surface area contributed by atoms with Crippen LogP contribution in [0.3, 0.4) is 0 Å². The first-order valence-electron chi connectivity index (χ1n) is 4.43. The fraction of sp³-hybridized carbons (Fsp3) is 0.444. The van der Waals surface area contributed by atoms with Gasteiger partial charge in [-0.3, -0.25) is 4.79 Å². The quantitative estimate of drug-likeness (QED) is 0.653. The molecule has 5 nitrogen and oxygen atoms in total. The van der Waals surface area contributed by atoms with Crippen LogP contribution in [0.2, 0.25) is 0 Å². The van der Waals surface area contributed by atoms with Crippen molar-refractivity contribution in [3.05, 3.63) is 17.6 Å². The highest BCUT2D eigenvalue weighted by molar-refractivity contribution is 5.94. The molecule has 0 spiro atoms. The number of hydrogen-bond acceptors (Lipinski definition) is 4. The van der Waals surface area contributed by atoms with E-state index in [1.807, 2.05) is 18.9 Å². The highest BCUT2D eigenvalue weighted by Crippen LogP contribution is 2.23. The van der Waals surface area contributed by atoms with Gasteiger partial charge in [0.2, 0.25) is 5.95 Å². The molecule has 14 heavy (non-hydrogen) atoms. The Morgan fingerprint density at radius 3 is 2.93 bits per heavy atom. The van der Waals surface area contributed by atoms with Crippen molar-refractivity contribution in [2.75, 3.05) is 11.9 Å². The summed E-state index contributed by atoms with van der Waals surface area (Å²) in [5.41, 5.74) is 1.75. The summed E-state index contributed by atoms with van der Waals surface area (Å²) in [6, 6.07) is 0. The molecule has 74 valence electrons. The second kappa shape index (κ2) is 2.94. The summed E-state index contributed by atoms with van der Waals surface area (Å²) < 4.78 is 1.73. The highest BCUT2D eigenvalue weighted by atomic mass is 16.1. The topological polar surface area (TPSA) is 51.0 Å². The predicted molar refractivity (Wildman–Crippen MR) is 51.8 cm³/mol. The van der Waals surface area contributed by atoms with E-state index < -0.39 is 0 Å². The van der Waals surface area contributed by atoms with E-state index in [1.54, 1.807) is 11.6 Å². The fourth-order valence-corrected chi connectivity index (χ4v) is 1.61. The van der Waals surface area contributed by atoms with Gasteiger partial charge in [0.05, 0.1) is 6.54 Å². The number of ketones is 1. The number of Topliss-reactive ketones (excluding diaryl/α,β-unsaturated/α-hetero) is 1. The number of nitrogens with zero attached hydrogens (tertiary/aromatic N) is 4. The molecule has 0 fully saturated rings. The Bertz CT molecular complexity index is 418. The number of allylic oxidation sites excluding steroid dienone is 2. The smallest absolute Gasteiger partial charge is 0.228 e. The van der Waals surface area contributed by atoms with Crippen LogP contribution in [-0.4, -0.2) is 27.6 Å². The molecule has 5 heteroatoms. The zero-order valence-corrected chi connectivity index (χ0v) is 8.48. The summed E-state index contributed by atoms with van der Waals surface area (Å²) >= 11 is 0. The minimum Gasteiger partial charge on any atom is -0.317 e. The van der Waals surface area contributed by atoms with Crippen molar-refractivity contribution < 1.29 is 4.79 Å². The fourth-order valence-electron chi connectivity index (χ4n) is 1.61. The van der Waals surface area contributed by atoms with E-state index >= 15 is 0 Å². The molecule has 1 aliphatic heterocycles. The number of fused-ring (bicyclic) bond motifs is 1. The van der Waals surface area contributed by atoms with E-state index in [0.29, 0.717) is 6.54 Å². The normalized spacial score (nSPS) is 15.8. The van der Waals surface area contributed by atoms with Crippen molar-refractivity contribution >= 4 is 11.7 Å². The molecular formula is C9H12N4O. The lowest BCUT2D eigenvalue weighted by Crippen LogP contribution is -2.29. The minimum atomic E-state index is 0.0931. The largest absolute Gasteiger partial charge is 0.317 e. The Hall–Kier alpha value is -1.65. The van der Waals surface area contributed by atoms with Gasteiger partial charge in [0.25, 0.3) is 0 Å². The van der Waals surface area contributed by atoms with Gasteiger partial charge in [0.15, 0.2) is 5.78 Å². The maximum Gasteiger partial charge on any atom is 0.228 e. The molecular weight excluding hydrogens is 180 g/mol. The van der Waals surface area contributed by atoms with Gasteiger partial charge in [-0.25, -0.2) is 4.68 Å². The lowest BCUT2D eigenvalue weighted by atomic mass is 10.1. The number of carbonyl (C=O) groups excluding carboxylic acids is 1. The van der Waals surface area contributed by atoms with Crippen LogP contribution in [0.15, 0.2) is 17.6 Å². The van der Waals surface area contributed by atoms with Gasteiger partial charge in [0, 0.05) is 18.3 Å². The number of carbonyl (C=O) groups is 1. The van der Waals surface area contributed by atoms with Crippen LogP contribution in [0.4, 0.5) is 5.95 Å². The van der Waals surface area contributed by atoms with Gasteiger partial charge in [-0.05, 0) is 13.8 Å². The molecule has 1 aliphatic rings. The molecule has 0 amide bonds. The van der Waals surface area contributed by atoms with Gasteiger partial charge in [-0.15, -0.1) is 0 Å². The van der Waals surface area contributed by atoms with Crippen molar-refractivity contribution in [2.24, 2.45) is 0 Å². The Balaban J connectivity index is 2.49. The van der Waals surface area contributed by atoms with Crippen molar-refractivity contribution in [1.29, 1.82) is 0 Å². The predicted octanol–water partition coefficient (Wildman–Crippen LogP) is 0.591. The average Bonchev–Trinajstić information content (AvgIpc) is 2.58. The first-order valence-corrected chi connectivity index (χ1v) is 4.43. The number of rotatable bonds is 1. The highest BCUT2D eigenvalue weighted by Gasteiger charge is 2.23. The zero-order chi connectivity index (χ0) is 10.3. The lowest BCUT2D eigenvalue weighted by molar-refractivity contribution is -0.113. The molecule has 2 heterocycles. The van der Waals surface area contributed by atoms with Crippen LogP contribution in [0.25, 0.3) is 0 Å². The number of hydrogen-bond donors (Lipinski definition) is 0. The van der Waals surface area contributed by atoms with Crippen molar-refractivity contribution in [2.45, 2.75) is 20.4 Å². The van der Waals surface area contributed by atoms with Crippen LogP contribution in [-0.2, 0) is 11.3 Å². The van der Waals surface area contributed by atoms with Crippen LogP contribution < -0.4 is 4.90 Å². The van der Waals surface area contributed by atoms with Gasteiger partial charge in [0.1, 0.15) is 6.33 Å². The zero-order valence-electron chi connectivity index (χ0n) is 8.48. The van der Waals surface area contributed by atoms with Crippen molar-refractivity contribution in [3.63, 3.8) is 0 Å². The van der Waals surface area contributed by atoms with Crippen LogP contribution >= 0.6 is 0 Å². The van der Waals surface area contributed by atoms with Crippen LogP contribution in [0.5, 0.6) is 0 Å². The Morgan fingerprint density at radius 1 is 1.57 bits per heavy atom.